The van der Waals surface area contributed by atoms with Crippen molar-refractivity contribution < 1.29 is 9.76 Å². The van der Waals surface area contributed by atoms with E-state index in [2.05, 4.69) is 11.6 Å². The summed E-state index contributed by atoms with van der Waals surface area (Å²) < 4.78 is 0. The number of nitro benzene ring substituents is 1. The zero-order chi connectivity index (χ0) is 13.5. The van der Waals surface area contributed by atoms with Crippen LogP contribution in [0.2, 0.25) is 0 Å². The first kappa shape index (κ1) is 13.4. The maximum atomic E-state index is 10.5. The number of hydrogen-bond acceptors (Lipinski definition) is 4. The third-order valence-electron chi connectivity index (χ3n) is 3.14. The molecule has 0 heterocycles. The Bertz CT molecular complexity index is 454. The maximum Gasteiger partial charge on any atom is 0.269 e. The Hall–Kier alpha value is -2.04. The average molecular weight is 262 g/mol. The average Bonchev–Trinajstić information content (AvgIpc) is 2.38. The fourth-order valence-corrected chi connectivity index (χ4v) is 2.04. The molecule has 0 amide bonds. The number of nitrogens with one attached hydrogen (secondary N) is 1. The molecule has 102 valence electrons. The highest BCUT2D eigenvalue weighted by Crippen LogP contribution is 2.18. The van der Waals surface area contributed by atoms with Gasteiger partial charge in [-0.05, 0) is 37.8 Å². The molecule has 0 unspecified atom stereocenters. The highest BCUT2D eigenvalue weighted by Gasteiger charge is 2.06. The highest BCUT2D eigenvalue weighted by molar-refractivity contribution is 5.35. The maximum absolute atomic E-state index is 10.5. The number of hydroxylamine groups is 1. The molecule has 0 saturated carbocycles. The molecule has 0 atom stereocenters. The van der Waals surface area contributed by atoms with Gasteiger partial charge in [-0.25, -0.2) is 5.48 Å². The van der Waals surface area contributed by atoms with Crippen molar-refractivity contribution in [2.75, 3.05) is 0 Å². The monoisotopic (exact) mass is 262 g/mol. The third-order valence-corrected chi connectivity index (χ3v) is 3.14. The van der Waals surface area contributed by atoms with Gasteiger partial charge in [0.05, 0.1) is 4.92 Å². The summed E-state index contributed by atoms with van der Waals surface area (Å²) in [5, 5.41) is 10.5. The molecule has 0 bridgehead atoms. The number of benzene rings is 1. The van der Waals surface area contributed by atoms with Crippen molar-refractivity contribution in [1.29, 1.82) is 0 Å². The molecule has 1 aromatic carbocycles. The Morgan fingerprint density at radius 2 is 1.84 bits per heavy atom. The summed E-state index contributed by atoms with van der Waals surface area (Å²) in [4.78, 5) is 15.5. The van der Waals surface area contributed by atoms with Gasteiger partial charge in [-0.3, -0.25) is 10.1 Å². The first-order valence-electron chi connectivity index (χ1n) is 6.62. The largest absolute Gasteiger partial charge is 0.382 e. The molecule has 5 heteroatoms. The molecule has 19 heavy (non-hydrogen) atoms. The zero-order valence-electron chi connectivity index (χ0n) is 10.8. The standard InChI is InChI=1S/C14H18N2O3/c17-16(18)13-8-10-14(11-9-13)19-15-12-6-4-2-1-3-5-7-12/h6,8-11,15H,1-5,7H2. The van der Waals surface area contributed by atoms with Gasteiger partial charge < -0.3 is 4.84 Å². The van der Waals surface area contributed by atoms with Gasteiger partial charge in [-0.1, -0.05) is 18.9 Å². The van der Waals surface area contributed by atoms with Crippen LogP contribution in [0.5, 0.6) is 5.75 Å². The van der Waals surface area contributed by atoms with E-state index in [1.165, 1.54) is 37.8 Å². The van der Waals surface area contributed by atoms with E-state index in [0.717, 1.165) is 18.5 Å². The molecule has 5 nitrogen and oxygen atoms in total. The summed E-state index contributed by atoms with van der Waals surface area (Å²) in [6.07, 6.45) is 9.19. The second-order valence-corrected chi connectivity index (χ2v) is 4.64. The van der Waals surface area contributed by atoms with Crippen molar-refractivity contribution in [3.63, 3.8) is 0 Å². The molecule has 0 fully saturated rings. The normalized spacial score (nSPS) is 15.9. The first-order valence-corrected chi connectivity index (χ1v) is 6.62. The molecular formula is C14H18N2O3. The van der Waals surface area contributed by atoms with E-state index in [1.54, 1.807) is 12.1 Å². The third kappa shape index (κ3) is 4.28. The Morgan fingerprint density at radius 1 is 1.11 bits per heavy atom. The van der Waals surface area contributed by atoms with Crippen molar-refractivity contribution >= 4 is 5.69 Å². The second kappa shape index (κ2) is 6.78. The summed E-state index contributed by atoms with van der Waals surface area (Å²) in [7, 11) is 0. The SMILES string of the molecule is O=[N+]([O-])c1ccc(ONC2=CCCCCCC2)cc1. The quantitative estimate of drug-likeness (QED) is 0.663. The van der Waals surface area contributed by atoms with Gasteiger partial charge in [0, 0.05) is 17.8 Å². The van der Waals surface area contributed by atoms with E-state index in [-0.39, 0.29) is 5.69 Å². The number of nitro groups is 1. The van der Waals surface area contributed by atoms with Crippen LogP contribution in [0.25, 0.3) is 0 Å². The smallest absolute Gasteiger partial charge is 0.269 e. The highest BCUT2D eigenvalue weighted by atomic mass is 16.6. The molecule has 2 rings (SSSR count). The first-order chi connectivity index (χ1) is 9.25. The minimum atomic E-state index is -0.422. The summed E-state index contributed by atoms with van der Waals surface area (Å²) in [6.45, 7) is 0. The van der Waals surface area contributed by atoms with E-state index >= 15 is 0 Å². The van der Waals surface area contributed by atoms with Gasteiger partial charge in [-0.15, -0.1) is 0 Å². The number of nitrogens with zero attached hydrogens (tertiary/aromatic N) is 1. The lowest BCUT2D eigenvalue weighted by Gasteiger charge is -2.14. The fraction of sp³-hybridized carbons (Fsp3) is 0.429. The lowest BCUT2D eigenvalue weighted by Crippen LogP contribution is -2.18. The Morgan fingerprint density at radius 3 is 2.58 bits per heavy atom. The fourth-order valence-electron chi connectivity index (χ4n) is 2.04. The van der Waals surface area contributed by atoms with E-state index in [9.17, 15) is 10.1 Å². The van der Waals surface area contributed by atoms with Crippen LogP contribution >= 0.6 is 0 Å². The van der Waals surface area contributed by atoms with Crippen LogP contribution in [-0.4, -0.2) is 4.92 Å². The molecule has 1 aliphatic rings. The summed E-state index contributed by atoms with van der Waals surface area (Å²) >= 11 is 0. The molecule has 0 aromatic heterocycles. The summed E-state index contributed by atoms with van der Waals surface area (Å²) in [5.74, 6) is 0.577. The van der Waals surface area contributed by atoms with Gasteiger partial charge in [0.1, 0.15) is 0 Å². The summed E-state index contributed by atoms with van der Waals surface area (Å²) in [5.41, 5.74) is 4.11. The van der Waals surface area contributed by atoms with E-state index in [0.29, 0.717) is 5.75 Å². The number of hydrogen-bond donors (Lipinski definition) is 1. The Kier molecular flexibility index (Phi) is 4.78. The predicted molar refractivity (Wildman–Crippen MR) is 72.6 cm³/mol. The van der Waals surface area contributed by atoms with Crippen LogP contribution in [-0.2, 0) is 0 Å². The van der Waals surface area contributed by atoms with Crippen molar-refractivity contribution in [2.45, 2.75) is 38.5 Å². The second-order valence-electron chi connectivity index (χ2n) is 4.64. The molecular weight excluding hydrogens is 244 g/mol. The van der Waals surface area contributed by atoms with Gasteiger partial charge in [-0.2, -0.15) is 0 Å². The van der Waals surface area contributed by atoms with Crippen molar-refractivity contribution in [2.24, 2.45) is 0 Å². The number of non-ortho nitro benzene ring substituents is 1. The van der Waals surface area contributed by atoms with Crippen LogP contribution in [0.3, 0.4) is 0 Å². The minimum absolute atomic E-state index is 0.0671. The van der Waals surface area contributed by atoms with Gasteiger partial charge in [0.25, 0.3) is 5.69 Å². The Balaban J connectivity index is 1.88. The van der Waals surface area contributed by atoms with E-state index < -0.39 is 4.92 Å². The van der Waals surface area contributed by atoms with Crippen LogP contribution in [0.1, 0.15) is 38.5 Å². The van der Waals surface area contributed by atoms with Gasteiger partial charge in [0.2, 0.25) is 0 Å². The van der Waals surface area contributed by atoms with Crippen molar-refractivity contribution in [1.82, 2.24) is 5.48 Å². The number of rotatable bonds is 4. The Labute approximate surface area is 112 Å². The predicted octanol–water partition coefficient (Wildman–Crippen LogP) is 3.72. The van der Waals surface area contributed by atoms with Crippen LogP contribution in [0.4, 0.5) is 5.69 Å². The molecule has 1 N–H and O–H groups in total. The molecule has 0 saturated heterocycles. The van der Waals surface area contributed by atoms with E-state index in [1.807, 2.05) is 0 Å². The van der Waals surface area contributed by atoms with Gasteiger partial charge >= 0.3 is 0 Å². The zero-order valence-corrected chi connectivity index (χ0v) is 10.8. The van der Waals surface area contributed by atoms with Crippen molar-refractivity contribution in [3.05, 3.63) is 46.2 Å². The van der Waals surface area contributed by atoms with E-state index in [4.69, 9.17) is 4.84 Å². The van der Waals surface area contributed by atoms with Crippen LogP contribution in [0, 0.1) is 10.1 Å². The van der Waals surface area contributed by atoms with Crippen LogP contribution in [0.15, 0.2) is 36.0 Å². The van der Waals surface area contributed by atoms with Crippen LogP contribution < -0.4 is 10.3 Å². The molecule has 1 aromatic rings. The molecule has 0 spiro atoms. The number of allylic oxidation sites excluding steroid dienone is 2. The lowest BCUT2D eigenvalue weighted by atomic mass is 10.0. The topological polar surface area (TPSA) is 64.4 Å². The summed E-state index contributed by atoms with van der Waals surface area (Å²) in [6, 6.07) is 6.05. The van der Waals surface area contributed by atoms with Gasteiger partial charge in [0.15, 0.2) is 5.75 Å². The molecule has 0 radical (unpaired) electrons. The van der Waals surface area contributed by atoms with Crippen molar-refractivity contribution in [3.8, 4) is 5.75 Å². The lowest BCUT2D eigenvalue weighted by molar-refractivity contribution is -0.384. The molecule has 1 aliphatic carbocycles. The molecule has 0 aliphatic heterocycles. The minimum Gasteiger partial charge on any atom is -0.382 e.